The summed E-state index contributed by atoms with van der Waals surface area (Å²) in [5.41, 5.74) is 4.69. The van der Waals surface area contributed by atoms with Crippen LogP contribution in [0, 0.1) is 6.92 Å². The molecule has 2 aromatic carbocycles. The van der Waals surface area contributed by atoms with Gasteiger partial charge in [0.2, 0.25) is 0 Å². The standard InChI is InChI=1S/C18H21NO/c1-12(2)14-9-8-13(3)17(11-14)18(20)15-6-5-7-16(10-15)19-4/h5-12,19H,1-4H3. The van der Waals surface area contributed by atoms with Gasteiger partial charge in [-0.05, 0) is 42.2 Å². The molecule has 2 rings (SSSR count). The number of hydrogen-bond donors (Lipinski definition) is 1. The first-order valence-corrected chi connectivity index (χ1v) is 6.96. The lowest BCUT2D eigenvalue weighted by molar-refractivity contribution is 0.103. The molecule has 0 saturated heterocycles. The van der Waals surface area contributed by atoms with Gasteiger partial charge in [0.1, 0.15) is 0 Å². The van der Waals surface area contributed by atoms with Crippen LogP contribution in [0.1, 0.15) is 46.8 Å². The lowest BCUT2D eigenvalue weighted by Crippen LogP contribution is -2.05. The van der Waals surface area contributed by atoms with Crippen molar-refractivity contribution in [2.24, 2.45) is 0 Å². The molecule has 104 valence electrons. The van der Waals surface area contributed by atoms with E-state index in [0.717, 1.165) is 22.4 Å². The summed E-state index contributed by atoms with van der Waals surface area (Å²) in [6.07, 6.45) is 0. The van der Waals surface area contributed by atoms with E-state index in [1.54, 1.807) is 0 Å². The largest absolute Gasteiger partial charge is 0.388 e. The molecule has 0 unspecified atom stereocenters. The smallest absolute Gasteiger partial charge is 0.193 e. The molecule has 0 aliphatic carbocycles. The van der Waals surface area contributed by atoms with Crippen LogP contribution < -0.4 is 5.32 Å². The molecule has 2 heteroatoms. The maximum atomic E-state index is 12.7. The van der Waals surface area contributed by atoms with Crippen LogP contribution in [0.25, 0.3) is 0 Å². The molecule has 0 aliphatic rings. The Labute approximate surface area is 120 Å². The topological polar surface area (TPSA) is 29.1 Å². The normalized spacial score (nSPS) is 10.7. The Bertz CT molecular complexity index is 629. The lowest BCUT2D eigenvalue weighted by Gasteiger charge is -2.11. The summed E-state index contributed by atoms with van der Waals surface area (Å²) in [6, 6.07) is 13.8. The maximum Gasteiger partial charge on any atom is 0.193 e. The van der Waals surface area contributed by atoms with Crippen LogP contribution in [-0.4, -0.2) is 12.8 Å². The van der Waals surface area contributed by atoms with E-state index in [0.29, 0.717) is 5.92 Å². The minimum atomic E-state index is 0.0853. The van der Waals surface area contributed by atoms with Gasteiger partial charge in [0.05, 0.1) is 0 Å². The summed E-state index contributed by atoms with van der Waals surface area (Å²) >= 11 is 0. The van der Waals surface area contributed by atoms with Crippen LogP contribution in [0.15, 0.2) is 42.5 Å². The van der Waals surface area contributed by atoms with E-state index in [1.165, 1.54) is 5.56 Å². The van der Waals surface area contributed by atoms with E-state index in [2.05, 4.69) is 25.2 Å². The number of aryl methyl sites for hydroxylation is 1. The third-order valence-corrected chi connectivity index (χ3v) is 3.59. The molecule has 0 aromatic heterocycles. The molecule has 2 nitrogen and oxygen atoms in total. The van der Waals surface area contributed by atoms with Crippen molar-refractivity contribution in [1.82, 2.24) is 0 Å². The molecule has 0 aliphatic heterocycles. The Kier molecular flexibility index (Phi) is 4.23. The van der Waals surface area contributed by atoms with E-state index < -0.39 is 0 Å². The zero-order chi connectivity index (χ0) is 14.7. The number of rotatable bonds is 4. The highest BCUT2D eigenvalue weighted by atomic mass is 16.1. The molecule has 1 N–H and O–H groups in total. The SMILES string of the molecule is CNc1cccc(C(=O)c2cc(C(C)C)ccc2C)c1. The molecule has 0 saturated carbocycles. The number of hydrogen-bond acceptors (Lipinski definition) is 2. The van der Waals surface area contributed by atoms with Gasteiger partial charge in [0.25, 0.3) is 0 Å². The van der Waals surface area contributed by atoms with Gasteiger partial charge in [-0.15, -0.1) is 0 Å². The number of ketones is 1. The Morgan fingerprint density at radius 1 is 1.10 bits per heavy atom. The van der Waals surface area contributed by atoms with Gasteiger partial charge in [-0.2, -0.15) is 0 Å². The summed E-state index contributed by atoms with van der Waals surface area (Å²) in [7, 11) is 1.86. The van der Waals surface area contributed by atoms with Crippen molar-refractivity contribution >= 4 is 11.5 Å². The predicted molar refractivity (Wildman–Crippen MR) is 84.7 cm³/mol. The zero-order valence-electron chi connectivity index (χ0n) is 12.5. The Hall–Kier alpha value is -2.09. The molecule has 0 spiro atoms. The van der Waals surface area contributed by atoms with Gasteiger partial charge in [0.15, 0.2) is 5.78 Å². The molecule has 20 heavy (non-hydrogen) atoms. The molecule has 0 fully saturated rings. The summed E-state index contributed by atoms with van der Waals surface area (Å²) in [5, 5.41) is 3.07. The fourth-order valence-electron chi connectivity index (χ4n) is 2.21. The second-order valence-corrected chi connectivity index (χ2v) is 5.39. The van der Waals surface area contributed by atoms with E-state index in [1.807, 2.05) is 50.4 Å². The third kappa shape index (κ3) is 2.90. The molecule has 2 aromatic rings. The number of benzene rings is 2. The summed E-state index contributed by atoms with van der Waals surface area (Å²) < 4.78 is 0. The van der Waals surface area contributed by atoms with E-state index in [9.17, 15) is 4.79 Å². The van der Waals surface area contributed by atoms with Crippen molar-refractivity contribution in [1.29, 1.82) is 0 Å². The second-order valence-electron chi connectivity index (χ2n) is 5.39. The summed E-state index contributed by atoms with van der Waals surface area (Å²) in [6.45, 7) is 6.26. The maximum absolute atomic E-state index is 12.7. The zero-order valence-corrected chi connectivity index (χ0v) is 12.5. The van der Waals surface area contributed by atoms with Crippen molar-refractivity contribution in [3.05, 3.63) is 64.7 Å². The molecule has 0 radical (unpaired) electrons. The van der Waals surface area contributed by atoms with Crippen LogP contribution in [0.5, 0.6) is 0 Å². The molecule has 0 atom stereocenters. The van der Waals surface area contributed by atoms with Crippen molar-refractivity contribution < 1.29 is 4.79 Å². The summed E-state index contributed by atoms with van der Waals surface area (Å²) in [4.78, 5) is 12.7. The highest BCUT2D eigenvalue weighted by Crippen LogP contribution is 2.22. The number of carbonyl (C=O) groups excluding carboxylic acids is 1. The Balaban J connectivity index is 2.44. The van der Waals surface area contributed by atoms with Crippen LogP contribution in [0.4, 0.5) is 5.69 Å². The lowest BCUT2D eigenvalue weighted by atomic mass is 9.93. The van der Waals surface area contributed by atoms with Crippen molar-refractivity contribution in [3.8, 4) is 0 Å². The minimum Gasteiger partial charge on any atom is -0.388 e. The van der Waals surface area contributed by atoms with Gasteiger partial charge in [0, 0.05) is 23.9 Å². The quantitative estimate of drug-likeness (QED) is 0.832. The molecule has 0 amide bonds. The average molecular weight is 267 g/mol. The fourth-order valence-corrected chi connectivity index (χ4v) is 2.21. The highest BCUT2D eigenvalue weighted by Gasteiger charge is 2.13. The number of nitrogens with one attached hydrogen (secondary N) is 1. The van der Waals surface area contributed by atoms with Crippen LogP contribution >= 0.6 is 0 Å². The third-order valence-electron chi connectivity index (χ3n) is 3.59. The van der Waals surface area contributed by atoms with Crippen LogP contribution in [-0.2, 0) is 0 Å². The number of anilines is 1. The molecule has 0 heterocycles. The van der Waals surface area contributed by atoms with E-state index >= 15 is 0 Å². The number of carbonyl (C=O) groups is 1. The first-order chi connectivity index (χ1) is 9.52. The van der Waals surface area contributed by atoms with Gasteiger partial charge in [-0.1, -0.05) is 38.1 Å². The molecular weight excluding hydrogens is 246 g/mol. The Morgan fingerprint density at radius 2 is 1.85 bits per heavy atom. The van der Waals surface area contributed by atoms with Gasteiger partial charge in [-0.3, -0.25) is 4.79 Å². The first kappa shape index (κ1) is 14.3. The summed E-state index contributed by atoms with van der Waals surface area (Å²) in [5.74, 6) is 0.507. The monoisotopic (exact) mass is 267 g/mol. The first-order valence-electron chi connectivity index (χ1n) is 6.96. The van der Waals surface area contributed by atoms with Gasteiger partial charge < -0.3 is 5.32 Å². The van der Waals surface area contributed by atoms with Crippen molar-refractivity contribution in [2.75, 3.05) is 12.4 Å². The molecular formula is C18H21NO. The average Bonchev–Trinajstić information content (AvgIpc) is 2.46. The molecule has 0 bridgehead atoms. The Morgan fingerprint density at radius 3 is 2.50 bits per heavy atom. The minimum absolute atomic E-state index is 0.0853. The van der Waals surface area contributed by atoms with Gasteiger partial charge in [-0.25, -0.2) is 0 Å². The fraction of sp³-hybridized carbons (Fsp3) is 0.278. The van der Waals surface area contributed by atoms with E-state index in [-0.39, 0.29) is 5.78 Å². The van der Waals surface area contributed by atoms with Gasteiger partial charge >= 0.3 is 0 Å². The second kappa shape index (κ2) is 5.91. The predicted octanol–water partition coefficient (Wildman–Crippen LogP) is 4.39. The van der Waals surface area contributed by atoms with Crippen LogP contribution in [0.2, 0.25) is 0 Å². The highest BCUT2D eigenvalue weighted by molar-refractivity contribution is 6.10. The van der Waals surface area contributed by atoms with Crippen LogP contribution in [0.3, 0.4) is 0 Å². The van der Waals surface area contributed by atoms with Crippen molar-refractivity contribution in [3.63, 3.8) is 0 Å². The van der Waals surface area contributed by atoms with Crippen molar-refractivity contribution in [2.45, 2.75) is 26.7 Å². The van der Waals surface area contributed by atoms with E-state index in [4.69, 9.17) is 0 Å².